The molecule has 0 saturated heterocycles. The Morgan fingerprint density at radius 3 is 2.81 bits per heavy atom. The molecule has 21 heavy (non-hydrogen) atoms. The predicted octanol–water partition coefficient (Wildman–Crippen LogP) is 3.36. The molecule has 3 N–H and O–H groups in total. The first-order valence-electron chi connectivity index (χ1n) is 7.96. The Kier molecular flexibility index (Phi) is 3.58. The Bertz CT molecular complexity index is 596. The van der Waals surface area contributed by atoms with Gasteiger partial charge < -0.3 is 15.2 Å². The van der Waals surface area contributed by atoms with Gasteiger partial charge in [-0.05, 0) is 35.6 Å². The third-order valence-electron chi connectivity index (χ3n) is 5.25. The third kappa shape index (κ3) is 2.11. The molecular formula is C18H25NO2. The normalized spacial score (nSPS) is 28.4. The summed E-state index contributed by atoms with van der Waals surface area (Å²) in [5.41, 5.74) is 5.19. The molecule has 3 heteroatoms. The number of hydrogen-bond acceptors (Lipinski definition) is 2. The van der Waals surface area contributed by atoms with Gasteiger partial charge in [-0.25, -0.2) is 0 Å². The average molecular weight is 287 g/mol. The van der Waals surface area contributed by atoms with Gasteiger partial charge in [-0.15, -0.1) is 0 Å². The van der Waals surface area contributed by atoms with Crippen LogP contribution in [0.3, 0.4) is 0 Å². The van der Waals surface area contributed by atoms with Crippen molar-refractivity contribution in [1.29, 1.82) is 0 Å². The number of aromatic amines is 1. The lowest BCUT2D eigenvalue weighted by Crippen LogP contribution is -2.30. The first-order chi connectivity index (χ1) is 9.99. The fraction of sp³-hybridized carbons (Fsp3) is 0.556. The summed E-state index contributed by atoms with van der Waals surface area (Å²) in [6.45, 7) is 6.56. The first kappa shape index (κ1) is 14.6. The monoisotopic (exact) mass is 287 g/mol. The smallest absolute Gasteiger partial charge is 0.154 e. The summed E-state index contributed by atoms with van der Waals surface area (Å²) >= 11 is 0. The molecule has 1 aromatic rings. The van der Waals surface area contributed by atoms with Gasteiger partial charge in [-0.3, -0.25) is 0 Å². The molecule has 0 aliphatic heterocycles. The van der Waals surface area contributed by atoms with Crippen LogP contribution in [0, 0.1) is 11.8 Å². The standard InChI is InChI=1S/C18H25NO2/c1-4-5-12(17(20)21)10-18(3)13-7-6-11(2)15(13)16-14(18)8-9-19-16/h6-9,11-12,17,19-21H,4-5,10H2,1-3H3. The molecule has 3 nitrogen and oxygen atoms in total. The SMILES string of the molecule is CCCC(CC1(C)C2=C(c3[nH]ccc31)C(C)C=C2)C(O)O. The summed E-state index contributed by atoms with van der Waals surface area (Å²) < 4.78 is 0. The van der Waals surface area contributed by atoms with E-state index in [0.29, 0.717) is 5.92 Å². The minimum absolute atomic E-state index is 0.0843. The average Bonchev–Trinajstić information content (AvgIpc) is 3.07. The summed E-state index contributed by atoms with van der Waals surface area (Å²) in [7, 11) is 0. The Labute approximate surface area is 126 Å². The molecule has 114 valence electrons. The minimum Gasteiger partial charge on any atom is -0.368 e. The van der Waals surface area contributed by atoms with E-state index in [1.54, 1.807) is 0 Å². The zero-order valence-electron chi connectivity index (χ0n) is 13.1. The molecule has 0 bridgehead atoms. The fourth-order valence-electron chi connectivity index (χ4n) is 4.18. The van der Waals surface area contributed by atoms with Gasteiger partial charge in [-0.1, -0.05) is 39.3 Å². The molecule has 0 spiro atoms. The van der Waals surface area contributed by atoms with E-state index in [1.165, 1.54) is 22.4 Å². The number of fused-ring (bicyclic) bond motifs is 2. The van der Waals surface area contributed by atoms with E-state index in [-0.39, 0.29) is 11.3 Å². The number of nitrogens with one attached hydrogen (secondary N) is 1. The van der Waals surface area contributed by atoms with Gasteiger partial charge in [0.15, 0.2) is 6.29 Å². The number of aliphatic hydroxyl groups excluding tert-OH is 1. The van der Waals surface area contributed by atoms with Crippen molar-refractivity contribution < 1.29 is 10.2 Å². The highest BCUT2D eigenvalue weighted by atomic mass is 16.5. The molecular weight excluding hydrogens is 262 g/mol. The zero-order valence-corrected chi connectivity index (χ0v) is 13.1. The molecule has 0 aromatic carbocycles. The quantitative estimate of drug-likeness (QED) is 0.727. The van der Waals surface area contributed by atoms with E-state index in [2.05, 4.69) is 44.0 Å². The van der Waals surface area contributed by atoms with Crippen LogP contribution in [0.5, 0.6) is 0 Å². The molecule has 0 saturated carbocycles. The Hall–Kier alpha value is -1.32. The largest absolute Gasteiger partial charge is 0.368 e. The van der Waals surface area contributed by atoms with Crippen LogP contribution < -0.4 is 0 Å². The lowest BCUT2D eigenvalue weighted by Gasteiger charge is -2.32. The second-order valence-corrected chi connectivity index (χ2v) is 6.74. The maximum Gasteiger partial charge on any atom is 0.154 e. The maximum atomic E-state index is 9.72. The van der Waals surface area contributed by atoms with Crippen LogP contribution in [0.2, 0.25) is 0 Å². The van der Waals surface area contributed by atoms with E-state index in [0.717, 1.165) is 19.3 Å². The van der Waals surface area contributed by atoms with Crippen molar-refractivity contribution in [2.75, 3.05) is 0 Å². The van der Waals surface area contributed by atoms with Gasteiger partial charge >= 0.3 is 0 Å². The molecule has 3 atom stereocenters. The molecule has 3 unspecified atom stereocenters. The van der Waals surface area contributed by atoms with Gasteiger partial charge in [0, 0.05) is 29.1 Å². The van der Waals surface area contributed by atoms with Gasteiger partial charge in [0.05, 0.1) is 0 Å². The second-order valence-electron chi connectivity index (χ2n) is 6.74. The van der Waals surface area contributed by atoms with Gasteiger partial charge in [0.25, 0.3) is 0 Å². The Balaban J connectivity index is 2.00. The van der Waals surface area contributed by atoms with E-state index < -0.39 is 6.29 Å². The van der Waals surface area contributed by atoms with Crippen molar-refractivity contribution in [3.05, 3.63) is 41.2 Å². The highest BCUT2D eigenvalue weighted by Gasteiger charge is 2.45. The number of hydrogen-bond donors (Lipinski definition) is 3. The summed E-state index contributed by atoms with van der Waals surface area (Å²) in [4.78, 5) is 3.39. The fourth-order valence-corrected chi connectivity index (χ4v) is 4.18. The topological polar surface area (TPSA) is 56.2 Å². The lowest BCUT2D eigenvalue weighted by atomic mass is 9.72. The number of H-pyrrole nitrogens is 1. The van der Waals surface area contributed by atoms with Gasteiger partial charge in [-0.2, -0.15) is 0 Å². The molecule has 0 fully saturated rings. The molecule has 0 radical (unpaired) electrons. The van der Waals surface area contributed by atoms with E-state index in [4.69, 9.17) is 0 Å². The molecule has 0 amide bonds. The lowest BCUT2D eigenvalue weighted by molar-refractivity contribution is -0.0917. The first-order valence-corrected chi connectivity index (χ1v) is 7.96. The van der Waals surface area contributed by atoms with Gasteiger partial charge in [0.1, 0.15) is 0 Å². The second kappa shape index (κ2) is 5.15. The number of allylic oxidation sites excluding steroid dienone is 4. The molecule has 2 aliphatic rings. The van der Waals surface area contributed by atoms with Crippen LogP contribution >= 0.6 is 0 Å². The Morgan fingerprint density at radius 2 is 2.14 bits per heavy atom. The van der Waals surface area contributed by atoms with Crippen molar-refractivity contribution in [1.82, 2.24) is 4.98 Å². The third-order valence-corrected chi connectivity index (χ3v) is 5.25. The molecule has 1 heterocycles. The summed E-state index contributed by atoms with van der Waals surface area (Å²) in [6, 6.07) is 2.15. The molecule has 1 aromatic heterocycles. The summed E-state index contributed by atoms with van der Waals surface area (Å²) in [5, 5.41) is 19.4. The molecule has 3 rings (SSSR count). The number of rotatable bonds is 5. The number of aliphatic hydroxyl groups is 2. The highest BCUT2D eigenvalue weighted by molar-refractivity contribution is 5.85. The van der Waals surface area contributed by atoms with E-state index in [1.807, 2.05) is 6.20 Å². The van der Waals surface area contributed by atoms with Crippen LogP contribution in [0.1, 0.15) is 51.3 Å². The van der Waals surface area contributed by atoms with Gasteiger partial charge in [0.2, 0.25) is 0 Å². The summed E-state index contributed by atoms with van der Waals surface area (Å²) in [6.07, 6.45) is 7.83. The van der Waals surface area contributed by atoms with E-state index in [9.17, 15) is 10.2 Å². The van der Waals surface area contributed by atoms with Crippen molar-refractivity contribution in [3.8, 4) is 0 Å². The van der Waals surface area contributed by atoms with Crippen LogP contribution in [0.15, 0.2) is 30.0 Å². The van der Waals surface area contributed by atoms with E-state index >= 15 is 0 Å². The van der Waals surface area contributed by atoms with Crippen molar-refractivity contribution >= 4 is 5.57 Å². The predicted molar refractivity (Wildman–Crippen MR) is 84.6 cm³/mol. The minimum atomic E-state index is -1.24. The molecule has 2 aliphatic carbocycles. The van der Waals surface area contributed by atoms with Crippen molar-refractivity contribution in [2.24, 2.45) is 11.8 Å². The number of aromatic nitrogens is 1. The zero-order chi connectivity index (χ0) is 15.2. The van der Waals surface area contributed by atoms with Crippen LogP contribution in [0.25, 0.3) is 5.57 Å². The highest BCUT2D eigenvalue weighted by Crippen LogP contribution is 2.54. The van der Waals surface area contributed by atoms with Crippen LogP contribution in [-0.4, -0.2) is 21.5 Å². The maximum absolute atomic E-state index is 9.72. The van der Waals surface area contributed by atoms with Crippen LogP contribution in [-0.2, 0) is 5.41 Å². The Morgan fingerprint density at radius 1 is 1.38 bits per heavy atom. The summed E-state index contributed by atoms with van der Waals surface area (Å²) in [5.74, 6) is 0.349. The van der Waals surface area contributed by atoms with Crippen LogP contribution in [0.4, 0.5) is 0 Å². The van der Waals surface area contributed by atoms with Crippen molar-refractivity contribution in [3.63, 3.8) is 0 Å². The van der Waals surface area contributed by atoms with Crippen molar-refractivity contribution in [2.45, 2.75) is 51.7 Å².